The Hall–Kier alpha value is -1.02. The highest BCUT2D eigenvalue weighted by molar-refractivity contribution is 5.53. The number of para-hydroxylation sites is 1. The van der Waals surface area contributed by atoms with Crippen LogP contribution in [0, 0.1) is 5.41 Å². The summed E-state index contributed by atoms with van der Waals surface area (Å²) in [6.45, 7) is 10.00. The predicted molar refractivity (Wildman–Crippen MR) is 81.1 cm³/mol. The quantitative estimate of drug-likeness (QED) is 0.865. The molecule has 0 amide bonds. The van der Waals surface area contributed by atoms with Crippen LogP contribution >= 0.6 is 0 Å². The Kier molecular flexibility index (Phi) is 5.21. The summed E-state index contributed by atoms with van der Waals surface area (Å²) in [5.41, 5.74) is 9.06. The Morgan fingerprint density at radius 1 is 1.22 bits per heavy atom. The maximum Gasteiger partial charge on any atom is 0.0396 e. The Morgan fingerprint density at radius 3 is 2.39 bits per heavy atom. The van der Waals surface area contributed by atoms with Crippen molar-refractivity contribution in [2.45, 2.75) is 46.6 Å². The van der Waals surface area contributed by atoms with Gasteiger partial charge in [-0.25, -0.2) is 0 Å². The van der Waals surface area contributed by atoms with E-state index in [9.17, 15) is 0 Å². The van der Waals surface area contributed by atoms with Crippen molar-refractivity contribution in [1.29, 1.82) is 0 Å². The van der Waals surface area contributed by atoms with Gasteiger partial charge in [-0.3, -0.25) is 0 Å². The number of hydrogen-bond acceptors (Lipinski definition) is 2. The molecule has 18 heavy (non-hydrogen) atoms. The number of rotatable bonds is 5. The first-order chi connectivity index (χ1) is 8.33. The summed E-state index contributed by atoms with van der Waals surface area (Å²) >= 11 is 0. The van der Waals surface area contributed by atoms with E-state index < -0.39 is 0 Å². The predicted octanol–water partition coefficient (Wildman–Crippen LogP) is 3.45. The summed E-state index contributed by atoms with van der Waals surface area (Å²) < 4.78 is 0. The summed E-state index contributed by atoms with van der Waals surface area (Å²) in [6.07, 6.45) is 1.98. The monoisotopic (exact) mass is 248 g/mol. The van der Waals surface area contributed by atoms with Gasteiger partial charge in [0.05, 0.1) is 0 Å². The van der Waals surface area contributed by atoms with Crippen LogP contribution < -0.4 is 10.6 Å². The minimum Gasteiger partial charge on any atom is -0.374 e. The van der Waals surface area contributed by atoms with Gasteiger partial charge in [0.2, 0.25) is 0 Å². The lowest BCUT2D eigenvalue weighted by Crippen LogP contribution is -2.30. The molecule has 0 heterocycles. The molecule has 0 aliphatic heterocycles. The number of nitrogens with zero attached hydrogens (tertiary/aromatic N) is 1. The highest BCUT2D eigenvalue weighted by Crippen LogP contribution is 2.24. The van der Waals surface area contributed by atoms with Crippen molar-refractivity contribution in [3.63, 3.8) is 0 Å². The van der Waals surface area contributed by atoms with E-state index in [0.717, 1.165) is 19.4 Å². The molecule has 1 unspecified atom stereocenters. The molecule has 0 radical (unpaired) electrons. The second-order valence-electron chi connectivity index (χ2n) is 6.42. The van der Waals surface area contributed by atoms with Crippen molar-refractivity contribution in [2.75, 3.05) is 18.5 Å². The van der Waals surface area contributed by atoms with Gasteiger partial charge >= 0.3 is 0 Å². The van der Waals surface area contributed by atoms with E-state index in [1.54, 1.807) is 0 Å². The maximum absolute atomic E-state index is 6.08. The molecule has 0 spiro atoms. The van der Waals surface area contributed by atoms with Gasteiger partial charge in [0.1, 0.15) is 0 Å². The molecular formula is C16H28N2. The third-order valence-electron chi connectivity index (χ3n) is 3.12. The van der Waals surface area contributed by atoms with Gasteiger partial charge in [0.15, 0.2) is 0 Å². The smallest absolute Gasteiger partial charge is 0.0396 e. The van der Waals surface area contributed by atoms with Crippen molar-refractivity contribution in [3.8, 4) is 0 Å². The number of hydrogen-bond donors (Lipinski definition) is 1. The molecule has 2 N–H and O–H groups in total. The molecule has 0 saturated heterocycles. The van der Waals surface area contributed by atoms with E-state index in [-0.39, 0.29) is 6.04 Å². The Bertz CT molecular complexity index is 366. The van der Waals surface area contributed by atoms with E-state index in [4.69, 9.17) is 5.73 Å². The molecule has 2 nitrogen and oxygen atoms in total. The highest BCUT2D eigenvalue weighted by Gasteiger charge is 2.16. The minimum absolute atomic E-state index is 0.259. The lowest BCUT2D eigenvalue weighted by Gasteiger charge is -2.30. The average Bonchev–Trinajstić information content (AvgIpc) is 2.27. The molecule has 0 saturated carbocycles. The molecule has 2 heteroatoms. The molecule has 0 aromatic heterocycles. The first kappa shape index (κ1) is 15.0. The van der Waals surface area contributed by atoms with Gasteiger partial charge in [-0.15, -0.1) is 0 Å². The van der Waals surface area contributed by atoms with Crippen LogP contribution in [0.4, 0.5) is 5.69 Å². The summed E-state index contributed by atoms with van der Waals surface area (Å²) in [5.74, 6) is 0. The van der Waals surface area contributed by atoms with E-state index >= 15 is 0 Å². The van der Waals surface area contributed by atoms with Gasteiger partial charge in [-0.05, 0) is 29.9 Å². The van der Waals surface area contributed by atoms with Crippen molar-refractivity contribution < 1.29 is 0 Å². The van der Waals surface area contributed by atoms with Gasteiger partial charge in [-0.1, -0.05) is 45.9 Å². The number of anilines is 1. The van der Waals surface area contributed by atoms with Crippen LogP contribution in [0.15, 0.2) is 24.3 Å². The average molecular weight is 248 g/mol. The Labute approximate surface area is 112 Å². The van der Waals surface area contributed by atoms with Gasteiger partial charge < -0.3 is 10.6 Å². The third-order valence-corrected chi connectivity index (χ3v) is 3.12. The fourth-order valence-corrected chi connectivity index (χ4v) is 2.28. The van der Waals surface area contributed by atoms with Crippen LogP contribution in [0.3, 0.4) is 0 Å². The molecule has 0 aliphatic carbocycles. The minimum atomic E-state index is 0.259. The molecule has 1 aromatic carbocycles. The van der Waals surface area contributed by atoms with E-state index in [1.807, 2.05) is 0 Å². The van der Waals surface area contributed by atoms with Gasteiger partial charge in [-0.2, -0.15) is 0 Å². The van der Waals surface area contributed by atoms with Crippen molar-refractivity contribution in [3.05, 3.63) is 29.8 Å². The molecule has 102 valence electrons. The van der Waals surface area contributed by atoms with Crippen LogP contribution in [0.2, 0.25) is 0 Å². The van der Waals surface area contributed by atoms with Crippen LogP contribution in [0.1, 0.15) is 39.7 Å². The normalized spacial score (nSPS) is 13.4. The second kappa shape index (κ2) is 6.24. The summed E-state index contributed by atoms with van der Waals surface area (Å²) in [7, 11) is 2.17. The van der Waals surface area contributed by atoms with E-state index in [1.165, 1.54) is 11.3 Å². The second-order valence-corrected chi connectivity index (χ2v) is 6.42. The zero-order valence-corrected chi connectivity index (χ0v) is 12.5. The fourth-order valence-electron chi connectivity index (χ4n) is 2.28. The molecule has 1 rings (SSSR count). The summed E-state index contributed by atoms with van der Waals surface area (Å²) in [4.78, 5) is 2.34. The fraction of sp³-hybridized carbons (Fsp3) is 0.625. The van der Waals surface area contributed by atoms with Gasteiger partial charge in [0, 0.05) is 25.3 Å². The lowest BCUT2D eigenvalue weighted by molar-refractivity contribution is 0.418. The molecular weight excluding hydrogens is 220 g/mol. The SMILES string of the molecule is CCC(N)Cc1ccccc1N(C)CC(C)(C)C. The number of nitrogens with two attached hydrogens (primary N) is 1. The lowest BCUT2D eigenvalue weighted by atomic mass is 9.95. The van der Waals surface area contributed by atoms with Crippen molar-refractivity contribution >= 4 is 5.69 Å². The van der Waals surface area contributed by atoms with Crippen molar-refractivity contribution in [2.24, 2.45) is 11.1 Å². The highest BCUT2D eigenvalue weighted by atomic mass is 15.1. The topological polar surface area (TPSA) is 29.3 Å². The van der Waals surface area contributed by atoms with Crippen LogP contribution in [0.5, 0.6) is 0 Å². The number of benzene rings is 1. The molecule has 1 aromatic rings. The Balaban J connectivity index is 2.87. The van der Waals surface area contributed by atoms with Crippen LogP contribution in [-0.2, 0) is 6.42 Å². The first-order valence-corrected chi connectivity index (χ1v) is 6.88. The zero-order valence-electron chi connectivity index (χ0n) is 12.5. The molecule has 0 bridgehead atoms. The maximum atomic E-state index is 6.08. The molecule has 0 fully saturated rings. The Morgan fingerprint density at radius 2 is 1.83 bits per heavy atom. The van der Waals surface area contributed by atoms with Crippen LogP contribution in [0.25, 0.3) is 0 Å². The molecule has 0 aliphatic rings. The van der Waals surface area contributed by atoms with Gasteiger partial charge in [0.25, 0.3) is 0 Å². The summed E-state index contributed by atoms with van der Waals surface area (Å²) in [5, 5.41) is 0. The van der Waals surface area contributed by atoms with Crippen LogP contribution in [-0.4, -0.2) is 19.6 Å². The largest absolute Gasteiger partial charge is 0.374 e. The van der Waals surface area contributed by atoms with E-state index in [2.05, 4.69) is 63.9 Å². The third kappa shape index (κ3) is 4.69. The standard InChI is InChI=1S/C16H28N2/c1-6-14(17)11-13-9-7-8-10-15(13)18(5)12-16(2,3)4/h7-10,14H,6,11-12,17H2,1-5H3. The molecule has 1 atom stereocenters. The summed E-state index contributed by atoms with van der Waals surface area (Å²) in [6, 6.07) is 8.86. The first-order valence-electron chi connectivity index (χ1n) is 6.88. The zero-order chi connectivity index (χ0) is 13.8. The van der Waals surface area contributed by atoms with Crippen molar-refractivity contribution in [1.82, 2.24) is 0 Å². The van der Waals surface area contributed by atoms with E-state index in [0.29, 0.717) is 5.41 Å².